The fourth-order valence-electron chi connectivity index (χ4n) is 3.63. The highest BCUT2D eigenvalue weighted by molar-refractivity contribution is 4.92. The zero-order chi connectivity index (χ0) is 23.7. The maximum absolute atomic E-state index is 10.2. The normalized spacial score (nSPS) is 52.7. The van der Waals surface area contributed by atoms with Gasteiger partial charge in [0.2, 0.25) is 0 Å². The van der Waals surface area contributed by atoms with E-state index in [0.717, 1.165) is 0 Å². The predicted octanol–water partition coefficient (Wildman–Crippen LogP) is -6.93. The van der Waals surface area contributed by atoms with Crippen molar-refractivity contribution in [2.75, 3.05) is 19.8 Å². The zero-order valence-corrected chi connectivity index (χ0v) is 16.7. The first kappa shape index (κ1) is 26.0. The molecule has 3 fully saturated rings. The van der Waals surface area contributed by atoms with Crippen molar-refractivity contribution in [2.24, 2.45) is 0 Å². The van der Waals surface area contributed by atoms with Crippen LogP contribution < -0.4 is 0 Å². The lowest BCUT2D eigenvalue weighted by molar-refractivity contribution is -0.351. The van der Waals surface area contributed by atoms with E-state index >= 15 is 0 Å². The molecule has 0 amide bonds. The quantitative estimate of drug-likeness (QED) is 0.172. The Hall–Kier alpha value is -0.600. The molecule has 0 spiro atoms. The number of hydrogen-bond donors (Lipinski definition) is 10. The first-order chi connectivity index (χ1) is 15.1. The summed E-state index contributed by atoms with van der Waals surface area (Å²) in [5.41, 5.74) is 0. The molecule has 3 aliphatic heterocycles. The van der Waals surface area contributed by atoms with Crippen LogP contribution in [0.15, 0.2) is 0 Å². The van der Waals surface area contributed by atoms with Crippen LogP contribution >= 0.6 is 0 Å². The van der Waals surface area contributed by atoms with Crippen molar-refractivity contribution >= 4 is 0 Å². The Balaban J connectivity index is 1.61. The SMILES string of the molecule is OCC1O[C@H](OCC2O[C@@H](O[C@@H]3CO[C@@H](O)C(O)C3O)C(O)[C@@H](O)[C@@H]2O)C(O)[C@@H](O)[C@H]1O. The molecule has 14 atom stereocenters. The fraction of sp³-hybridized carbons (Fsp3) is 1.00. The maximum atomic E-state index is 10.2. The van der Waals surface area contributed by atoms with Crippen molar-refractivity contribution in [3.8, 4) is 0 Å². The summed E-state index contributed by atoms with van der Waals surface area (Å²) in [4.78, 5) is 0. The van der Waals surface area contributed by atoms with E-state index in [2.05, 4.69) is 0 Å². The molecule has 188 valence electrons. The third kappa shape index (κ3) is 5.22. The summed E-state index contributed by atoms with van der Waals surface area (Å²) in [5.74, 6) is 0. The maximum Gasteiger partial charge on any atom is 0.187 e. The molecule has 3 rings (SSSR count). The monoisotopic (exact) mass is 474 g/mol. The topological polar surface area (TPSA) is 248 Å². The predicted molar refractivity (Wildman–Crippen MR) is 95.2 cm³/mol. The van der Waals surface area contributed by atoms with Crippen molar-refractivity contribution in [3.63, 3.8) is 0 Å². The Morgan fingerprint density at radius 1 is 0.625 bits per heavy atom. The first-order valence-electron chi connectivity index (χ1n) is 9.99. The number of aliphatic hydroxyl groups excluding tert-OH is 10. The lowest BCUT2D eigenvalue weighted by Gasteiger charge is -2.44. The van der Waals surface area contributed by atoms with Crippen molar-refractivity contribution in [1.82, 2.24) is 0 Å². The molecular formula is C17H30O15. The Kier molecular flexibility index (Phi) is 8.75. The summed E-state index contributed by atoms with van der Waals surface area (Å²) in [6, 6.07) is 0. The number of ether oxygens (including phenoxy) is 5. The van der Waals surface area contributed by atoms with Gasteiger partial charge in [-0.3, -0.25) is 0 Å². The van der Waals surface area contributed by atoms with Gasteiger partial charge in [-0.1, -0.05) is 0 Å². The molecule has 0 bridgehead atoms. The standard InChI is InChI=1S/C17H30O15/c18-1-4-7(19)10(22)13(25)16(30-4)29-3-6-8(20)11(23)14(26)17(32-6)31-5-2-28-15(27)12(24)9(5)21/h4-27H,1-3H2/t4?,5-,6?,7+,8-,9?,10+,11+,12?,13?,14?,15-,16+,17-/m1/s1. The molecule has 0 saturated carbocycles. The van der Waals surface area contributed by atoms with E-state index < -0.39 is 99.2 Å². The van der Waals surface area contributed by atoms with Crippen LogP contribution in [0, 0.1) is 0 Å². The highest BCUT2D eigenvalue weighted by atomic mass is 16.7. The van der Waals surface area contributed by atoms with Gasteiger partial charge in [-0.15, -0.1) is 0 Å². The van der Waals surface area contributed by atoms with Gasteiger partial charge in [0.25, 0.3) is 0 Å². The molecule has 3 heterocycles. The van der Waals surface area contributed by atoms with Crippen molar-refractivity contribution < 1.29 is 74.7 Å². The Labute approximate surface area is 181 Å². The molecule has 0 aromatic rings. The summed E-state index contributed by atoms with van der Waals surface area (Å²) in [6.07, 6.45) is -22.2. The molecule has 0 aliphatic carbocycles. The van der Waals surface area contributed by atoms with Crippen LogP contribution in [0.5, 0.6) is 0 Å². The Morgan fingerprint density at radius 3 is 1.81 bits per heavy atom. The molecule has 3 aliphatic rings. The highest BCUT2D eigenvalue weighted by Crippen LogP contribution is 2.28. The number of aliphatic hydroxyl groups is 10. The van der Waals surface area contributed by atoms with Crippen LogP contribution in [0.4, 0.5) is 0 Å². The average Bonchev–Trinajstić information content (AvgIpc) is 2.78. The van der Waals surface area contributed by atoms with E-state index in [-0.39, 0.29) is 6.61 Å². The highest BCUT2D eigenvalue weighted by Gasteiger charge is 2.49. The van der Waals surface area contributed by atoms with E-state index in [0.29, 0.717) is 0 Å². The third-order valence-electron chi connectivity index (χ3n) is 5.70. The minimum absolute atomic E-state index is 0.378. The van der Waals surface area contributed by atoms with Crippen LogP contribution in [0.25, 0.3) is 0 Å². The van der Waals surface area contributed by atoms with Crippen LogP contribution in [0.2, 0.25) is 0 Å². The Morgan fingerprint density at radius 2 is 1.19 bits per heavy atom. The second kappa shape index (κ2) is 10.8. The Bertz CT molecular complexity index is 594. The summed E-state index contributed by atoms with van der Waals surface area (Å²) >= 11 is 0. The largest absolute Gasteiger partial charge is 0.394 e. The van der Waals surface area contributed by atoms with E-state index in [1.807, 2.05) is 0 Å². The lowest BCUT2D eigenvalue weighted by Crippen LogP contribution is -2.63. The van der Waals surface area contributed by atoms with Crippen molar-refractivity contribution in [2.45, 2.75) is 86.0 Å². The van der Waals surface area contributed by atoms with Gasteiger partial charge < -0.3 is 74.7 Å². The molecule has 10 N–H and O–H groups in total. The molecule has 3 saturated heterocycles. The number of hydrogen-bond acceptors (Lipinski definition) is 15. The molecule has 6 unspecified atom stereocenters. The van der Waals surface area contributed by atoms with Gasteiger partial charge in [0.15, 0.2) is 18.9 Å². The molecule has 0 aromatic heterocycles. The van der Waals surface area contributed by atoms with Gasteiger partial charge in [0.05, 0.1) is 19.8 Å². The van der Waals surface area contributed by atoms with Gasteiger partial charge in [0.1, 0.15) is 67.1 Å². The van der Waals surface area contributed by atoms with E-state index in [4.69, 9.17) is 23.7 Å². The van der Waals surface area contributed by atoms with Crippen molar-refractivity contribution in [3.05, 3.63) is 0 Å². The molecule has 32 heavy (non-hydrogen) atoms. The average molecular weight is 474 g/mol. The van der Waals surface area contributed by atoms with Crippen LogP contribution in [0.1, 0.15) is 0 Å². The summed E-state index contributed by atoms with van der Waals surface area (Å²) in [5, 5.41) is 98.4. The van der Waals surface area contributed by atoms with E-state index in [1.165, 1.54) is 0 Å². The van der Waals surface area contributed by atoms with Gasteiger partial charge in [0, 0.05) is 0 Å². The second-order valence-electron chi connectivity index (χ2n) is 7.92. The minimum atomic E-state index is -1.78. The summed E-state index contributed by atoms with van der Waals surface area (Å²) in [6.45, 7) is -1.62. The van der Waals surface area contributed by atoms with Gasteiger partial charge in [-0.2, -0.15) is 0 Å². The smallest absolute Gasteiger partial charge is 0.187 e. The van der Waals surface area contributed by atoms with Gasteiger partial charge >= 0.3 is 0 Å². The van der Waals surface area contributed by atoms with Crippen LogP contribution in [0.3, 0.4) is 0 Å². The summed E-state index contributed by atoms with van der Waals surface area (Å²) < 4.78 is 26.1. The second-order valence-corrected chi connectivity index (χ2v) is 7.92. The fourth-order valence-corrected chi connectivity index (χ4v) is 3.63. The van der Waals surface area contributed by atoms with Crippen molar-refractivity contribution in [1.29, 1.82) is 0 Å². The van der Waals surface area contributed by atoms with E-state index in [9.17, 15) is 51.1 Å². The van der Waals surface area contributed by atoms with Gasteiger partial charge in [-0.05, 0) is 0 Å². The molecule has 0 radical (unpaired) electrons. The molecule has 15 heteroatoms. The van der Waals surface area contributed by atoms with E-state index in [1.54, 1.807) is 0 Å². The molecule has 15 nitrogen and oxygen atoms in total. The van der Waals surface area contributed by atoms with Crippen LogP contribution in [-0.4, -0.2) is 157 Å². The lowest BCUT2D eigenvalue weighted by atomic mass is 9.98. The first-order valence-corrected chi connectivity index (χ1v) is 9.99. The minimum Gasteiger partial charge on any atom is -0.394 e. The summed E-state index contributed by atoms with van der Waals surface area (Å²) in [7, 11) is 0. The molecule has 0 aromatic carbocycles. The number of rotatable bonds is 6. The van der Waals surface area contributed by atoms with Gasteiger partial charge in [-0.25, -0.2) is 0 Å². The van der Waals surface area contributed by atoms with Crippen LogP contribution in [-0.2, 0) is 23.7 Å². The molecular weight excluding hydrogens is 444 g/mol. The third-order valence-corrected chi connectivity index (χ3v) is 5.70. The zero-order valence-electron chi connectivity index (χ0n) is 16.7.